The Balaban J connectivity index is 0.00000180. The van der Waals surface area contributed by atoms with Crippen LogP contribution in [0.25, 0.3) is 0 Å². The third-order valence-electron chi connectivity index (χ3n) is 2.83. The lowest BCUT2D eigenvalue weighted by Gasteiger charge is -2.11. The largest absolute Gasteiger partial charge is 0.370 e. The second-order valence-corrected chi connectivity index (χ2v) is 4.59. The number of carbonyl (C=O) groups excluding carboxylic acids is 1. The molecule has 5 nitrogen and oxygen atoms in total. The fraction of sp³-hybridized carbons (Fsp3) is 0.385. The maximum atomic E-state index is 11.7. The van der Waals surface area contributed by atoms with Gasteiger partial charge in [0.05, 0.1) is 6.04 Å². The molecular formula is C13H20Cl2N4O. The first kappa shape index (κ1) is 18.5. The molecule has 0 heterocycles. The predicted octanol–water partition coefficient (Wildman–Crippen LogP) is 2.75. The van der Waals surface area contributed by atoms with E-state index < -0.39 is 0 Å². The van der Waals surface area contributed by atoms with Crippen LogP contribution in [-0.2, 0) is 0 Å². The summed E-state index contributed by atoms with van der Waals surface area (Å²) in [6, 6.07) is 5.80. The number of nitrogens with one attached hydrogen (secondary N) is 2. The van der Waals surface area contributed by atoms with E-state index in [1.54, 1.807) is 0 Å². The minimum Gasteiger partial charge on any atom is -0.370 e. The quantitative estimate of drug-likeness (QED) is 0.579. The summed E-state index contributed by atoms with van der Waals surface area (Å²) in [6.07, 6.45) is 2.11. The predicted molar refractivity (Wildman–Crippen MR) is 87.2 cm³/mol. The van der Waals surface area contributed by atoms with Crippen molar-refractivity contribution in [1.29, 1.82) is 0 Å². The lowest BCUT2D eigenvalue weighted by atomic mass is 10.1. The molecule has 2 amide bonds. The highest BCUT2D eigenvalue weighted by atomic mass is 35.5. The number of carbonyl (C=O) groups is 1. The highest BCUT2D eigenvalue weighted by Gasteiger charge is 2.20. The summed E-state index contributed by atoms with van der Waals surface area (Å²) in [5.41, 5.74) is 8.47. The third kappa shape index (κ3) is 5.27. The number of nitrogens with two attached hydrogens (primary N) is 1. The summed E-state index contributed by atoms with van der Waals surface area (Å²) >= 11 is 0. The molecule has 0 aromatic heterocycles. The van der Waals surface area contributed by atoms with E-state index in [9.17, 15) is 4.79 Å². The number of guanidine groups is 1. The molecule has 1 aromatic rings. The average Bonchev–Trinajstić information content (AvgIpc) is 3.07. The van der Waals surface area contributed by atoms with Gasteiger partial charge in [0.2, 0.25) is 0 Å². The number of para-hydroxylation sites is 1. The summed E-state index contributed by atoms with van der Waals surface area (Å²) in [5.74, 6) is 0.182. The SMILES string of the molecule is Cc1cccc(C)c1NC(=O)NC(N)=NC1CC1.Cl.Cl. The topological polar surface area (TPSA) is 79.5 Å². The molecule has 1 aromatic carbocycles. The van der Waals surface area contributed by atoms with Crippen LogP contribution in [0.5, 0.6) is 0 Å². The Morgan fingerprint density at radius 2 is 1.80 bits per heavy atom. The van der Waals surface area contributed by atoms with E-state index in [0.717, 1.165) is 29.7 Å². The number of benzene rings is 1. The van der Waals surface area contributed by atoms with Crippen molar-refractivity contribution in [1.82, 2.24) is 5.32 Å². The van der Waals surface area contributed by atoms with Crippen LogP contribution in [0, 0.1) is 13.8 Å². The first-order valence-electron chi connectivity index (χ1n) is 6.04. The van der Waals surface area contributed by atoms with Gasteiger partial charge in [-0.05, 0) is 37.8 Å². The Labute approximate surface area is 131 Å². The summed E-state index contributed by atoms with van der Waals surface area (Å²) < 4.78 is 0. The smallest absolute Gasteiger partial charge is 0.326 e. The number of anilines is 1. The van der Waals surface area contributed by atoms with Crippen LogP contribution >= 0.6 is 24.8 Å². The van der Waals surface area contributed by atoms with Crippen LogP contribution < -0.4 is 16.4 Å². The number of hydrogen-bond acceptors (Lipinski definition) is 2. The second kappa shape index (κ2) is 7.97. The number of aliphatic imine (C=N–C) groups is 1. The number of nitrogens with zero attached hydrogens (tertiary/aromatic N) is 1. The van der Waals surface area contributed by atoms with E-state index in [0.29, 0.717) is 6.04 Å². The molecule has 112 valence electrons. The van der Waals surface area contributed by atoms with Crippen molar-refractivity contribution < 1.29 is 4.79 Å². The van der Waals surface area contributed by atoms with E-state index in [1.807, 2.05) is 32.0 Å². The zero-order valence-electron chi connectivity index (χ0n) is 11.5. The lowest BCUT2D eigenvalue weighted by molar-refractivity contribution is 0.256. The van der Waals surface area contributed by atoms with E-state index in [2.05, 4.69) is 15.6 Å². The molecular weight excluding hydrogens is 299 g/mol. The van der Waals surface area contributed by atoms with Gasteiger partial charge < -0.3 is 11.1 Å². The van der Waals surface area contributed by atoms with Gasteiger partial charge in [-0.25, -0.2) is 9.79 Å². The maximum Gasteiger partial charge on any atom is 0.326 e. The minimum atomic E-state index is -0.352. The van der Waals surface area contributed by atoms with Crippen LogP contribution in [-0.4, -0.2) is 18.0 Å². The Morgan fingerprint density at radius 3 is 2.30 bits per heavy atom. The molecule has 1 aliphatic carbocycles. The van der Waals surface area contributed by atoms with E-state index in [4.69, 9.17) is 5.73 Å². The monoisotopic (exact) mass is 318 g/mol. The van der Waals surface area contributed by atoms with Crippen LogP contribution in [0.4, 0.5) is 10.5 Å². The molecule has 0 radical (unpaired) electrons. The fourth-order valence-corrected chi connectivity index (χ4v) is 1.71. The molecule has 0 spiro atoms. The molecule has 2 rings (SSSR count). The first-order valence-corrected chi connectivity index (χ1v) is 6.04. The lowest BCUT2D eigenvalue weighted by Crippen LogP contribution is -2.40. The van der Waals surface area contributed by atoms with Gasteiger partial charge in [0.15, 0.2) is 5.96 Å². The highest BCUT2D eigenvalue weighted by Crippen LogP contribution is 2.23. The first-order chi connectivity index (χ1) is 8.56. The van der Waals surface area contributed by atoms with Gasteiger partial charge in [-0.3, -0.25) is 5.32 Å². The van der Waals surface area contributed by atoms with E-state index >= 15 is 0 Å². The van der Waals surface area contributed by atoms with Crippen molar-refractivity contribution in [2.45, 2.75) is 32.7 Å². The summed E-state index contributed by atoms with van der Waals surface area (Å²) in [7, 11) is 0. The van der Waals surface area contributed by atoms with Crippen molar-refractivity contribution in [3.8, 4) is 0 Å². The molecule has 1 saturated carbocycles. The molecule has 0 aliphatic heterocycles. The molecule has 1 fully saturated rings. The molecule has 0 atom stereocenters. The Kier molecular flexibility index (Phi) is 7.39. The van der Waals surface area contributed by atoms with Crippen LogP contribution in [0.15, 0.2) is 23.2 Å². The van der Waals surface area contributed by atoms with Gasteiger partial charge in [0, 0.05) is 5.69 Å². The number of rotatable bonds is 2. The normalized spacial score (nSPS) is 13.8. The van der Waals surface area contributed by atoms with Gasteiger partial charge in [-0.1, -0.05) is 18.2 Å². The van der Waals surface area contributed by atoms with Crippen LogP contribution in [0.1, 0.15) is 24.0 Å². The summed E-state index contributed by atoms with van der Waals surface area (Å²) in [6.45, 7) is 3.90. The molecule has 20 heavy (non-hydrogen) atoms. The molecule has 0 saturated heterocycles. The molecule has 0 bridgehead atoms. The standard InChI is InChI=1S/C13H18N4O.2ClH/c1-8-4-3-5-9(2)11(8)16-13(18)17-12(14)15-10-6-7-10;;/h3-5,10H,6-7H2,1-2H3,(H4,14,15,16,17,18);2*1H. The van der Waals surface area contributed by atoms with E-state index in [1.165, 1.54) is 0 Å². The number of urea groups is 1. The van der Waals surface area contributed by atoms with Crippen molar-refractivity contribution in [2.75, 3.05) is 5.32 Å². The van der Waals surface area contributed by atoms with Crippen molar-refractivity contribution in [3.05, 3.63) is 29.3 Å². The molecule has 1 aliphatic rings. The zero-order valence-corrected chi connectivity index (χ0v) is 13.1. The molecule has 0 unspecified atom stereocenters. The van der Waals surface area contributed by atoms with Crippen molar-refractivity contribution in [3.63, 3.8) is 0 Å². The van der Waals surface area contributed by atoms with Gasteiger partial charge in [0.25, 0.3) is 0 Å². The van der Waals surface area contributed by atoms with Crippen molar-refractivity contribution >= 4 is 42.5 Å². The van der Waals surface area contributed by atoms with Gasteiger partial charge in [-0.2, -0.15) is 0 Å². The number of halogens is 2. The summed E-state index contributed by atoms with van der Waals surface area (Å²) in [5, 5.41) is 5.32. The molecule has 7 heteroatoms. The summed E-state index contributed by atoms with van der Waals surface area (Å²) in [4.78, 5) is 15.9. The Bertz CT molecular complexity index is 481. The average molecular weight is 319 g/mol. The van der Waals surface area contributed by atoms with Gasteiger partial charge >= 0.3 is 6.03 Å². The number of hydrogen-bond donors (Lipinski definition) is 3. The Morgan fingerprint density at radius 1 is 1.25 bits per heavy atom. The van der Waals surface area contributed by atoms with Crippen LogP contribution in [0.3, 0.4) is 0 Å². The minimum absolute atomic E-state index is 0. The zero-order chi connectivity index (χ0) is 13.1. The van der Waals surface area contributed by atoms with Gasteiger partial charge in [-0.15, -0.1) is 24.8 Å². The number of amides is 2. The fourth-order valence-electron chi connectivity index (χ4n) is 1.71. The van der Waals surface area contributed by atoms with Crippen molar-refractivity contribution in [2.24, 2.45) is 10.7 Å². The molecule has 4 N–H and O–H groups in total. The van der Waals surface area contributed by atoms with Gasteiger partial charge in [0.1, 0.15) is 0 Å². The Hall–Kier alpha value is -1.46. The second-order valence-electron chi connectivity index (χ2n) is 4.59. The third-order valence-corrected chi connectivity index (χ3v) is 2.83. The maximum absolute atomic E-state index is 11.7. The highest BCUT2D eigenvalue weighted by molar-refractivity contribution is 6.02. The van der Waals surface area contributed by atoms with E-state index in [-0.39, 0.29) is 36.8 Å². The number of aryl methyl sites for hydroxylation is 2. The van der Waals surface area contributed by atoms with Crippen LogP contribution in [0.2, 0.25) is 0 Å².